The molecule has 0 aliphatic heterocycles. The van der Waals surface area contributed by atoms with Gasteiger partial charge in [0.05, 0.1) is 17.6 Å². The van der Waals surface area contributed by atoms with Crippen LogP contribution < -0.4 is 0 Å². The van der Waals surface area contributed by atoms with E-state index in [4.69, 9.17) is 16.6 Å². The Morgan fingerprint density at radius 1 is 1.00 bits per heavy atom. The fourth-order valence-electron chi connectivity index (χ4n) is 2.61. The minimum atomic E-state index is -0.0136. The third kappa shape index (κ3) is 2.68. The molecule has 0 saturated carbocycles. The number of para-hydroxylation sites is 2. The summed E-state index contributed by atoms with van der Waals surface area (Å²) >= 11 is 6.33. The smallest absolute Gasteiger partial charge is 0.115 e. The SMILES string of the molecule is CC(C)(C)c1nc2ccccc2n1Cc1ccccc1Cl. The van der Waals surface area contributed by atoms with Crippen molar-refractivity contribution in [2.45, 2.75) is 32.7 Å². The van der Waals surface area contributed by atoms with E-state index in [1.807, 2.05) is 24.3 Å². The molecule has 3 rings (SSSR count). The van der Waals surface area contributed by atoms with Crippen molar-refractivity contribution >= 4 is 22.6 Å². The van der Waals surface area contributed by atoms with Gasteiger partial charge in [0.1, 0.15) is 5.82 Å². The first-order valence-electron chi connectivity index (χ1n) is 7.16. The van der Waals surface area contributed by atoms with E-state index >= 15 is 0 Å². The monoisotopic (exact) mass is 298 g/mol. The standard InChI is InChI=1S/C18H19ClN2/c1-18(2,3)17-20-15-10-6-7-11-16(15)21(17)12-13-8-4-5-9-14(13)19/h4-11H,12H2,1-3H3. The van der Waals surface area contributed by atoms with Gasteiger partial charge < -0.3 is 4.57 Å². The van der Waals surface area contributed by atoms with E-state index in [1.165, 1.54) is 0 Å². The first-order valence-corrected chi connectivity index (χ1v) is 7.54. The van der Waals surface area contributed by atoms with Gasteiger partial charge in [-0.15, -0.1) is 0 Å². The van der Waals surface area contributed by atoms with Crippen LogP contribution >= 0.6 is 11.6 Å². The summed E-state index contributed by atoms with van der Waals surface area (Å²) in [6.07, 6.45) is 0. The second-order valence-corrected chi connectivity index (χ2v) is 6.76. The van der Waals surface area contributed by atoms with E-state index in [-0.39, 0.29) is 5.41 Å². The van der Waals surface area contributed by atoms with Crippen LogP contribution in [-0.2, 0) is 12.0 Å². The first-order chi connectivity index (χ1) is 9.97. The van der Waals surface area contributed by atoms with Crippen LogP contribution in [0.25, 0.3) is 11.0 Å². The van der Waals surface area contributed by atoms with Gasteiger partial charge in [0.25, 0.3) is 0 Å². The van der Waals surface area contributed by atoms with Gasteiger partial charge in [-0.3, -0.25) is 0 Å². The van der Waals surface area contributed by atoms with E-state index in [2.05, 4.69) is 49.6 Å². The molecular formula is C18H19ClN2. The number of rotatable bonds is 2. The van der Waals surface area contributed by atoms with Gasteiger partial charge in [-0.1, -0.05) is 62.7 Å². The van der Waals surface area contributed by atoms with E-state index in [9.17, 15) is 0 Å². The molecule has 2 nitrogen and oxygen atoms in total. The number of aromatic nitrogens is 2. The molecule has 2 aromatic carbocycles. The Morgan fingerprint density at radius 2 is 1.67 bits per heavy atom. The molecule has 0 fully saturated rings. The minimum Gasteiger partial charge on any atom is -0.323 e. The molecule has 0 bridgehead atoms. The summed E-state index contributed by atoms with van der Waals surface area (Å²) in [4.78, 5) is 4.83. The van der Waals surface area contributed by atoms with E-state index in [0.717, 1.165) is 34.0 Å². The summed E-state index contributed by atoms with van der Waals surface area (Å²) in [6.45, 7) is 7.32. The fourth-order valence-corrected chi connectivity index (χ4v) is 2.80. The second kappa shape index (κ2) is 5.19. The topological polar surface area (TPSA) is 17.8 Å². The third-order valence-corrected chi connectivity index (χ3v) is 3.98. The van der Waals surface area contributed by atoms with Crippen molar-refractivity contribution in [1.29, 1.82) is 0 Å². The van der Waals surface area contributed by atoms with Crippen molar-refractivity contribution in [3.05, 3.63) is 64.9 Å². The highest BCUT2D eigenvalue weighted by molar-refractivity contribution is 6.31. The van der Waals surface area contributed by atoms with E-state index in [1.54, 1.807) is 0 Å². The van der Waals surface area contributed by atoms with Gasteiger partial charge in [0.15, 0.2) is 0 Å². The first kappa shape index (κ1) is 14.2. The highest BCUT2D eigenvalue weighted by atomic mass is 35.5. The molecule has 0 aliphatic carbocycles. The quantitative estimate of drug-likeness (QED) is 0.648. The Labute approximate surface area is 130 Å². The van der Waals surface area contributed by atoms with Crippen molar-refractivity contribution in [3.63, 3.8) is 0 Å². The molecule has 0 aliphatic rings. The fraction of sp³-hybridized carbons (Fsp3) is 0.278. The van der Waals surface area contributed by atoms with Crippen molar-refractivity contribution in [2.24, 2.45) is 0 Å². The summed E-state index contributed by atoms with van der Waals surface area (Å²) < 4.78 is 2.27. The zero-order valence-corrected chi connectivity index (χ0v) is 13.4. The van der Waals surface area contributed by atoms with Gasteiger partial charge in [-0.25, -0.2) is 4.98 Å². The molecule has 0 atom stereocenters. The lowest BCUT2D eigenvalue weighted by molar-refractivity contribution is 0.516. The van der Waals surface area contributed by atoms with E-state index in [0.29, 0.717) is 0 Å². The van der Waals surface area contributed by atoms with Gasteiger partial charge in [0.2, 0.25) is 0 Å². The van der Waals surface area contributed by atoms with Crippen molar-refractivity contribution in [1.82, 2.24) is 9.55 Å². The Balaban J connectivity index is 2.18. The highest BCUT2D eigenvalue weighted by Crippen LogP contribution is 2.28. The predicted molar refractivity (Wildman–Crippen MR) is 89.0 cm³/mol. The highest BCUT2D eigenvalue weighted by Gasteiger charge is 2.23. The Morgan fingerprint density at radius 3 is 2.38 bits per heavy atom. The molecule has 0 amide bonds. The molecule has 108 valence electrons. The maximum Gasteiger partial charge on any atom is 0.115 e. The molecule has 0 N–H and O–H groups in total. The molecule has 0 unspecified atom stereocenters. The number of nitrogens with zero attached hydrogens (tertiary/aromatic N) is 2. The lowest BCUT2D eigenvalue weighted by Crippen LogP contribution is -2.19. The van der Waals surface area contributed by atoms with Crippen LogP contribution in [0, 0.1) is 0 Å². The van der Waals surface area contributed by atoms with Crippen molar-refractivity contribution in [3.8, 4) is 0 Å². The Bertz CT molecular complexity index is 781. The summed E-state index contributed by atoms with van der Waals surface area (Å²) in [6, 6.07) is 16.3. The van der Waals surface area contributed by atoms with Crippen LogP contribution in [0.1, 0.15) is 32.2 Å². The maximum atomic E-state index is 6.33. The predicted octanol–water partition coefficient (Wildman–Crippen LogP) is 5.04. The summed E-state index contributed by atoms with van der Waals surface area (Å²) in [5, 5.41) is 0.801. The maximum absolute atomic E-state index is 6.33. The average Bonchev–Trinajstić information content (AvgIpc) is 2.80. The molecular weight excluding hydrogens is 280 g/mol. The molecule has 3 aromatic rings. The van der Waals surface area contributed by atoms with Gasteiger partial charge in [0, 0.05) is 10.4 Å². The lowest BCUT2D eigenvalue weighted by atomic mass is 9.95. The number of hydrogen-bond acceptors (Lipinski definition) is 1. The third-order valence-electron chi connectivity index (χ3n) is 3.61. The lowest BCUT2D eigenvalue weighted by Gasteiger charge is -2.20. The number of fused-ring (bicyclic) bond motifs is 1. The van der Waals surface area contributed by atoms with Crippen molar-refractivity contribution < 1.29 is 0 Å². The second-order valence-electron chi connectivity index (χ2n) is 6.35. The van der Waals surface area contributed by atoms with Crippen LogP contribution in [0.3, 0.4) is 0 Å². The van der Waals surface area contributed by atoms with Crippen LogP contribution in [-0.4, -0.2) is 9.55 Å². The van der Waals surface area contributed by atoms with Crippen LogP contribution in [0.2, 0.25) is 5.02 Å². The zero-order valence-electron chi connectivity index (χ0n) is 12.6. The summed E-state index contributed by atoms with van der Waals surface area (Å²) in [7, 11) is 0. The molecule has 21 heavy (non-hydrogen) atoms. The summed E-state index contributed by atoms with van der Waals surface area (Å²) in [5.74, 6) is 1.09. The largest absolute Gasteiger partial charge is 0.323 e. The molecule has 1 aromatic heterocycles. The molecule has 0 radical (unpaired) electrons. The van der Waals surface area contributed by atoms with Crippen LogP contribution in [0.4, 0.5) is 0 Å². The molecule has 3 heteroatoms. The summed E-state index contributed by atoms with van der Waals surface area (Å²) in [5.41, 5.74) is 3.30. The normalized spacial score (nSPS) is 12.0. The minimum absolute atomic E-state index is 0.0136. The number of imidazole rings is 1. The van der Waals surface area contributed by atoms with Crippen molar-refractivity contribution in [2.75, 3.05) is 0 Å². The van der Waals surface area contributed by atoms with Gasteiger partial charge >= 0.3 is 0 Å². The van der Waals surface area contributed by atoms with E-state index < -0.39 is 0 Å². The zero-order chi connectivity index (χ0) is 15.0. The van der Waals surface area contributed by atoms with Crippen LogP contribution in [0.5, 0.6) is 0 Å². The van der Waals surface area contributed by atoms with Gasteiger partial charge in [-0.2, -0.15) is 0 Å². The number of benzene rings is 2. The average molecular weight is 299 g/mol. The number of halogens is 1. The van der Waals surface area contributed by atoms with Gasteiger partial charge in [-0.05, 0) is 23.8 Å². The Hall–Kier alpha value is -1.80. The molecule has 1 heterocycles. The molecule has 0 saturated heterocycles. The van der Waals surface area contributed by atoms with Crippen LogP contribution in [0.15, 0.2) is 48.5 Å². The molecule has 0 spiro atoms. The number of hydrogen-bond donors (Lipinski definition) is 0. The Kier molecular flexibility index (Phi) is 3.50.